The number of hydrazone groups is 1. The summed E-state index contributed by atoms with van der Waals surface area (Å²) < 4.78 is 16.0. The van der Waals surface area contributed by atoms with Gasteiger partial charge in [0, 0.05) is 28.2 Å². The van der Waals surface area contributed by atoms with Crippen molar-refractivity contribution in [1.82, 2.24) is 9.99 Å². The lowest BCUT2D eigenvalue weighted by atomic mass is 10.2. The number of amides is 1. The molecule has 0 aliphatic rings. The molecule has 0 fully saturated rings. The third kappa shape index (κ3) is 3.87. The molecule has 1 amide bonds. The van der Waals surface area contributed by atoms with Gasteiger partial charge in [-0.15, -0.1) is 0 Å². The van der Waals surface area contributed by atoms with E-state index < -0.39 is 5.91 Å². The zero-order valence-corrected chi connectivity index (χ0v) is 15.4. The zero-order valence-electron chi connectivity index (χ0n) is 15.4. The second-order valence-corrected chi connectivity index (χ2v) is 6.54. The van der Waals surface area contributed by atoms with Crippen molar-refractivity contribution in [3.05, 3.63) is 102 Å². The third-order valence-electron chi connectivity index (χ3n) is 4.64. The van der Waals surface area contributed by atoms with Crippen LogP contribution in [0.25, 0.3) is 10.9 Å². The van der Waals surface area contributed by atoms with E-state index in [9.17, 15) is 14.3 Å². The van der Waals surface area contributed by atoms with Crippen LogP contribution < -0.4 is 5.43 Å². The summed E-state index contributed by atoms with van der Waals surface area (Å²) in [6.07, 6.45) is 3.41. The highest BCUT2D eigenvalue weighted by atomic mass is 19.1. The van der Waals surface area contributed by atoms with E-state index in [4.69, 9.17) is 0 Å². The Hall–Kier alpha value is -3.93. The number of nitrogens with one attached hydrogen (secondary N) is 1. The minimum Gasteiger partial charge on any atom is -0.507 e. The minimum atomic E-state index is -0.505. The van der Waals surface area contributed by atoms with Gasteiger partial charge in [0.25, 0.3) is 5.91 Å². The summed E-state index contributed by atoms with van der Waals surface area (Å²) in [4.78, 5) is 12.2. The summed E-state index contributed by atoms with van der Waals surface area (Å²) in [6, 6.07) is 20.6. The molecule has 4 rings (SSSR count). The molecule has 0 saturated carbocycles. The first-order valence-corrected chi connectivity index (χ1v) is 9.06. The number of nitrogens with zero attached hydrogens (tertiary/aromatic N) is 2. The number of benzene rings is 3. The maximum Gasteiger partial charge on any atom is 0.275 e. The quantitative estimate of drug-likeness (QED) is 0.396. The van der Waals surface area contributed by atoms with E-state index >= 15 is 0 Å². The van der Waals surface area contributed by atoms with Crippen molar-refractivity contribution in [2.45, 2.75) is 6.54 Å². The van der Waals surface area contributed by atoms with Crippen LogP contribution in [-0.4, -0.2) is 21.8 Å². The van der Waals surface area contributed by atoms with Crippen molar-refractivity contribution in [2.75, 3.05) is 0 Å². The molecule has 0 unspecified atom stereocenters. The molecule has 0 radical (unpaired) electrons. The van der Waals surface area contributed by atoms with Crippen LogP contribution in [0, 0.1) is 5.82 Å². The first kappa shape index (κ1) is 18.4. The summed E-state index contributed by atoms with van der Waals surface area (Å²) >= 11 is 0. The van der Waals surface area contributed by atoms with Crippen LogP contribution in [0.3, 0.4) is 0 Å². The summed E-state index contributed by atoms with van der Waals surface area (Å²) in [5.74, 6) is -0.869. The smallest absolute Gasteiger partial charge is 0.275 e. The molecule has 1 aromatic heterocycles. The monoisotopic (exact) mass is 387 g/mol. The van der Waals surface area contributed by atoms with Gasteiger partial charge in [0.15, 0.2) is 0 Å². The summed E-state index contributed by atoms with van der Waals surface area (Å²) in [5.41, 5.74) is 4.88. The highest BCUT2D eigenvalue weighted by Crippen LogP contribution is 2.22. The molecule has 4 aromatic rings. The van der Waals surface area contributed by atoms with Crippen molar-refractivity contribution in [3.8, 4) is 5.75 Å². The van der Waals surface area contributed by atoms with Gasteiger partial charge in [0.2, 0.25) is 0 Å². The molecule has 0 atom stereocenters. The van der Waals surface area contributed by atoms with Crippen LogP contribution in [0.1, 0.15) is 21.5 Å². The van der Waals surface area contributed by atoms with E-state index in [1.807, 2.05) is 35.0 Å². The molecular formula is C23H18FN3O2. The predicted molar refractivity (Wildman–Crippen MR) is 111 cm³/mol. The molecule has 0 spiro atoms. The maximum atomic E-state index is 14.1. The van der Waals surface area contributed by atoms with Crippen LogP contribution >= 0.6 is 0 Å². The maximum absolute atomic E-state index is 14.1. The molecule has 144 valence electrons. The second kappa shape index (κ2) is 7.98. The van der Waals surface area contributed by atoms with Crippen molar-refractivity contribution < 1.29 is 14.3 Å². The Kier molecular flexibility index (Phi) is 5.07. The van der Waals surface area contributed by atoms with Crippen molar-refractivity contribution in [2.24, 2.45) is 5.10 Å². The molecule has 1 heterocycles. The number of carbonyl (C=O) groups is 1. The molecule has 0 aliphatic heterocycles. The van der Waals surface area contributed by atoms with Crippen LogP contribution in [0.5, 0.6) is 5.75 Å². The summed E-state index contributed by atoms with van der Waals surface area (Å²) in [7, 11) is 0. The fourth-order valence-electron chi connectivity index (χ4n) is 3.21. The Morgan fingerprint density at radius 3 is 2.59 bits per heavy atom. The number of carbonyl (C=O) groups excluding carboxylic acids is 1. The van der Waals surface area contributed by atoms with Crippen molar-refractivity contribution in [1.29, 1.82) is 0 Å². The van der Waals surface area contributed by atoms with E-state index in [-0.39, 0.29) is 17.1 Å². The number of aromatic hydroxyl groups is 1. The molecule has 29 heavy (non-hydrogen) atoms. The average molecular weight is 387 g/mol. The number of hydrogen-bond acceptors (Lipinski definition) is 3. The van der Waals surface area contributed by atoms with Gasteiger partial charge in [-0.05, 0) is 24.3 Å². The zero-order chi connectivity index (χ0) is 20.2. The molecule has 5 nitrogen and oxygen atoms in total. The van der Waals surface area contributed by atoms with Gasteiger partial charge in [-0.25, -0.2) is 9.82 Å². The largest absolute Gasteiger partial charge is 0.507 e. The van der Waals surface area contributed by atoms with E-state index in [0.717, 1.165) is 16.5 Å². The molecule has 0 saturated heterocycles. The lowest BCUT2D eigenvalue weighted by Crippen LogP contribution is -2.17. The van der Waals surface area contributed by atoms with Gasteiger partial charge in [0.1, 0.15) is 11.6 Å². The SMILES string of the molecule is O=C(N/N=C\c1cn(Cc2ccccc2F)c2ccccc12)c1ccccc1O. The average Bonchev–Trinajstić information content (AvgIpc) is 3.08. The molecule has 2 N–H and O–H groups in total. The molecule has 3 aromatic carbocycles. The van der Waals surface area contributed by atoms with E-state index in [0.29, 0.717) is 12.1 Å². The van der Waals surface area contributed by atoms with Gasteiger partial charge in [-0.1, -0.05) is 48.5 Å². The number of halogens is 1. The highest BCUT2D eigenvalue weighted by Gasteiger charge is 2.11. The standard InChI is InChI=1S/C23H18FN3O2/c24-20-10-4-1-7-16(20)14-27-15-17(18-8-2-5-11-21(18)27)13-25-26-23(29)19-9-3-6-12-22(19)28/h1-13,15,28H,14H2,(H,26,29)/b25-13-. The predicted octanol–water partition coefficient (Wildman–Crippen LogP) is 4.30. The second-order valence-electron chi connectivity index (χ2n) is 6.54. The van der Waals surface area contributed by atoms with Crippen molar-refractivity contribution in [3.63, 3.8) is 0 Å². The lowest BCUT2D eigenvalue weighted by Gasteiger charge is -2.06. The number of fused-ring (bicyclic) bond motifs is 1. The van der Waals surface area contributed by atoms with E-state index in [2.05, 4.69) is 10.5 Å². The van der Waals surface area contributed by atoms with Crippen LogP contribution in [0.2, 0.25) is 0 Å². The Labute approximate surface area is 166 Å². The van der Waals surface area contributed by atoms with Gasteiger partial charge in [-0.3, -0.25) is 4.79 Å². The normalized spacial score (nSPS) is 11.2. The van der Waals surface area contributed by atoms with Gasteiger partial charge >= 0.3 is 0 Å². The Bertz CT molecular complexity index is 1210. The lowest BCUT2D eigenvalue weighted by molar-refractivity contribution is 0.0952. The van der Waals surface area contributed by atoms with Crippen LogP contribution in [0.4, 0.5) is 4.39 Å². The number of phenols is 1. The number of para-hydroxylation sites is 2. The van der Waals surface area contributed by atoms with Crippen LogP contribution in [0.15, 0.2) is 84.1 Å². The number of aromatic nitrogens is 1. The number of rotatable bonds is 5. The van der Waals surface area contributed by atoms with Crippen LogP contribution in [-0.2, 0) is 6.54 Å². The Balaban J connectivity index is 1.59. The van der Waals surface area contributed by atoms with Gasteiger partial charge in [0.05, 0.1) is 18.3 Å². The first-order chi connectivity index (χ1) is 14.1. The van der Waals surface area contributed by atoms with Crippen molar-refractivity contribution >= 4 is 23.0 Å². The van der Waals surface area contributed by atoms with E-state index in [1.165, 1.54) is 24.4 Å². The summed E-state index contributed by atoms with van der Waals surface area (Å²) in [6.45, 7) is 0.380. The first-order valence-electron chi connectivity index (χ1n) is 9.06. The highest BCUT2D eigenvalue weighted by molar-refractivity contribution is 6.01. The minimum absolute atomic E-state index is 0.110. The third-order valence-corrected chi connectivity index (χ3v) is 4.64. The molecule has 0 bridgehead atoms. The van der Waals surface area contributed by atoms with Gasteiger partial charge in [-0.2, -0.15) is 5.10 Å². The fourth-order valence-corrected chi connectivity index (χ4v) is 3.21. The van der Waals surface area contributed by atoms with E-state index in [1.54, 1.807) is 30.3 Å². The Morgan fingerprint density at radius 1 is 1.03 bits per heavy atom. The fraction of sp³-hybridized carbons (Fsp3) is 0.0435. The topological polar surface area (TPSA) is 66.6 Å². The van der Waals surface area contributed by atoms with Gasteiger partial charge < -0.3 is 9.67 Å². The summed E-state index contributed by atoms with van der Waals surface area (Å²) in [5, 5.41) is 14.7. The number of hydrogen-bond donors (Lipinski definition) is 2. The molecule has 0 aliphatic carbocycles. The number of phenolic OH excluding ortho intramolecular Hbond substituents is 1. The Morgan fingerprint density at radius 2 is 1.76 bits per heavy atom. The molecule has 6 heteroatoms. The molecular weight excluding hydrogens is 369 g/mol.